The molecule has 3 heterocycles. The molecule has 3 aliphatic heterocycles. The number of rotatable bonds is 5. The Hall–Kier alpha value is -2.77. The van der Waals surface area contributed by atoms with E-state index in [0.717, 1.165) is 31.4 Å². The molecule has 0 aromatic heterocycles. The maximum Gasteiger partial charge on any atom is 0.325 e. The molecule has 3 atom stereocenters. The Bertz CT molecular complexity index is 976. The van der Waals surface area contributed by atoms with Crippen LogP contribution in [-0.2, 0) is 16.1 Å². The summed E-state index contributed by atoms with van der Waals surface area (Å²) in [4.78, 5) is 41.6. The smallest absolute Gasteiger partial charge is 0.325 e. The third kappa shape index (κ3) is 3.80. The number of benzene rings is 1. The third-order valence-corrected chi connectivity index (χ3v) is 7.27. The van der Waals surface area contributed by atoms with E-state index in [4.69, 9.17) is 9.47 Å². The van der Waals surface area contributed by atoms with Crippen molar-refractivity contribution < 1.29 is 23.9 Å². The van der Waals surface area contributed by atoms with Crippen LogP contribution in [0.4, 0.5) is 4.79 Å². The lowest BCUT2D eigenvalue weighted by molar-refractivity contribution is -0.133. The van der Waals surface area contributed by atoms with Crippen molar-refractivity contribution in [3.63, 3.8) is 0 Å². The fourth-order valence-corrected chi connectivity index (χ4v) is 6.31. The van der Waals surface area contributed by atoms with Gasteiger partial charge in [-0.05, 0) is 54.2 Å². The molecule has 172 valence electrons. The first-order valence-electron chi connectivity index (χ1n) is 11.4. The molecule has 8 nitrogen and oxygen atoms in total. The summed E-state index contributed by atoms with van der Waals surface area (Å²) < 4.78 is 10.7. The van der Waals surface area contributed by atoms with Crippen molar-refractivity contribution in [3.05, 3.63) is 23.8 Å². The summed E-state index contributed by atoms with van der Waals surface area (Å²) in [6, 6.07) is 4.59. The molecule has 0 radical (unpaired) electrons. The zero-order valence-electron chi connectivity index (χ0n) is 19.0. The van der Waals surface area contributed by atoms with Crippen LogP contribution in [0, 0.1) is 10.8 Å². The lowest BCUT2D eigenvalue weighted by atomic mass is 9.65. The third-order valence-electron chi connectivity index (χ3n) is 7.27. The highest BCUT2D eigenvalue weighted by Crippen LogP contribution is 2.52. The van der Waals surface area contributed by atoms with Gasteiger partial charge in [0.2, 0.25) is 12.7 Å². The van der Waals surface area contributed by atoms with Crippen molar-refractivity contribution in [2.75, 3.05) is 13.3 Å². The van der Waals surface area contributed by atoms with E-state index < -0.39 is 12.1 Å². The summed E-state index contributed by atoms with van der Waals surface area (Å²) in [6.07, 6.45) is 3.81. The van der Waals surface area contributed by atoms with Gasteiger partial charge in [0, 0.05) is 19.0 Å². The fourth-order valence-electron chi connectivity index (χ4n) is 6.31. The van der Waals surface area contributed by atoms with Gasteiger partial charge >= 0.3 is 6.03 Å². The number of fused-ring (bicyclic) bond motifs is 3. The Morgan fingerprint density at radius 3 is 2.75 bits per heavy atom. The van der Waals surface area contributed by atoms with Gasteiger partial charge in [0.25, 0.3) is 5.91 Å². The molecular weight excluding hydrogens is 410 g/mol. The van der Waals surface area contributed by atoms with Crippen LogP contribution in [0.3, 0.4) is 0 Å². The van der Waals surface area contributed by atoms with Gasteiger partial charge in [-0.1, -0.05) is 26.8 Å². The fraction of sp³-hybridized carbons (Fsp3) is 0.625. The minimum absolute atomic E-state index is 0.0905. The number of urea groups is 1. The number of ether oxygens (including phenoxy) is 2. The number of amides is 4. The number of likely N-dealkylation sites (tertiary alicyclic amines) is 1. The van der Waals surface area contributed by atoms with Crippen LogP contribution < -0.4 is 14.8 Å². The minimum atomic E-state index is -0.658. The maximum atomic E-state index is 13.0. The van der Waals surface area contributed by atoms with E-state index >= 15 is 0 Å². The minimum Gasteiger partial charge on any atom is -0.454 e. The van der Waals surface area contributed by atoms with E-state index in [2.05, 4.69) is 26.1 Å². The Labute approximate surface area is 188 Å². The second-order valence-electron chi connectivity index (χ2n) is 10.9. The Balaban J connectivity index is 1.18. The Morgan fingerprint density at radius 2 is 1.94 bits per heavy atom. The molecular formula is C24H31N3O5. The molecule has 3 fully saturated rings. The molecule has 2 saturated heterocycles. The molecule has 1 N–H and O–H groups in total. The predicted octanol–water partition coefficient (Wildman–Crippen LogP) is 3.04. The van der Waals surface area contributed by atoms with Crippen molar-refractivity contribution in [2.45, 2.75) is 71.5 Å². The van der Waals surface area contributed by atoms with Crippen LogP contribution in [0.1, 0.15) is 58.4 Å². The van der Waals surface area contributed by atoms with Gasteiger partial charge in [-0.3, -0.25) is 14.5 Å². The van der Waals surface area contributed by atoms with Crippen LogP contribution >= 0.6 is 0 Å². The number of carbonyl (C=O) groups excluding carboxylic acids is 3. The van der Waals surface area contributed by atoms with Gasteiger partial charge in [0.05, 0.1) is 6.54 Å². The van der Waals surface area contributed by atoms with Gasteiger partial charge in [-0.15, -0.1) is 0 Å². The summed E-state index contributed by atoms with van der Waals surface area (Å²) in [5.41, 5.74) is 1.22. The summed E-state index contributed by atoms with van der Waals surface area (Å²) in [5, 5.41) is 2.75. The average molecular weight is 442 g/mol. The number of hydrogen-bond acceptors (Lipinski definition) is 5. The second-order valence-corrected chi connectivity index (χ2v) is 10.9. The van der Waals surface area contributed by atoms with E-state index in [1.165, 1.54) is 4.90 Å². The van der Waals surface area contributed by atoms with Crippen LogP contribution in [0.25, 0.3) is 0 Å². The van der Waals surface area contributed by atoms with Crippen LogP contribution in [0.15, 0.2) is 18.2 Å². The predicted molar refractivity (Wildman–Crippen MR) is 116 cm³/mol. The number of imide groups is 1. The van der Waals surface area contributed by atoms with E-state index in [1.807, 2.05) is 11.0 Å². The molecule has 4 aliphatic rings. The molecule has 8 heteroatoms. The van der Waals surface area contributed by atoms with E-state index in [-0.39, 0.29) is 48.4 Å². The number of nitrogens with zero attached hydrogens (tertiary/aromatic N) is 2. The average Bonchev–Trinajstić information content (AvgIpc) is 3.35. The molecule has 1 saturated carbocycles. The summed E-state index contributed by atoms with van der Waals surface area (Å²) in [7, 11) is 0. The topological polar surface area (TPSA) is 88.2 Å². The standard InChI is InChI=1S/C24H31N3O5/c1-23(2)9-16-10-24(3,12-23)13-27(16)20(28)7-5-17-21(29)26(22(30)25-17)11-15-4-6-18-19(8-15)32-14-31-18/h4,6,8,16-17H,5,7,9-14H2,1-3H3,(H,25,30)/t16-,17-,24-/m0/s1. The van der Waals surface area contributed by atoms with Crippen LogP contribution in [-0.4, -0.2) is 53.1 Å². The van der Waals surface area contributed by atoms with Gasteiger partial charge < -0.3 is 19.7 Å². The van der Waals surface area contributed by atoms with Crippen molar-refractivity contribution in [3.8, 4) is 11.5 Å². The maximum absolute atomic E-state index is 13.0. The monoisotopic (exact) mass is 441 g/mol. The molecule has 0 spiro atoms. The lowest BCUT2D eigenvalue weighted by Crippen LogP contribution is -2.39. The highest BCUT2D eigenvalue weighted by Gasteiger charge is 2.51. The first-order chi connectivity index (χ1) is 15.1. The van der Waals surface area contributed by atoms with Gasteiger partial charge in [-0.2, -0.15) is 0 Å². The van der Waals surface area contributed by atoms with E-state index in [1.54, 1.807) is 12.1 Å². The second kappa shape index (κ2) is 7.39. The molecule has 1 aromatic carbocycles. The number of hydrogen-bond donors (Lipinski definition) is 1. The Morgan fingerprint density at radius 1 is 1.16 bits per heavy atom. The molecule has 0 unspecified atom stereocenters. The zero-order chi connectivity index (χ0) is 22.7. The highest BCUT2D eigenvalue weighted by molar-refractivity contribution is 6.04. The summed E-state index contributed by atoms with van der Waals surface area (Å²) in [5.74, 6) is 1.08. The first-order valence-corrected chi connectivity index (χ1v) is 11.4. The van der Waals surface area contributed by atoms with E-state index in [0.29, 0.717) is 17.9 Å². The lowest BCUT2D eigenvalue weighted by Gasteiger charge is -2.39. The molecule has 2 bridgehead atoms. The van der Waals surface area contributed by atoms with Crippen LogP contribution in [0.2, 0.25) is 0 Å². The van der Waals surface area contributed by atoms with Crippen LogP contribution in [0.5, 0.6) is 11.5 Å². The number of nitrogens with one attached hydrogen (secondary N) is 1. The molecule has 1 aliphatic carbocycles. The van der Waals surface area contributed by atoms with Gasteiger partial charge in [0.15, 0.2) is 11.5 Å². The molecule has 32 heavy (non-hydrogen) atoms. The van der Waals surface area contributed by atoms with Gasteiger partial charge in [0.1, 0.15) is 6.04 Å². The van der Waals surface area contributed by atoms with E-state index in [9.17, 15) is 14.4 Å². The largest absolute Gasteiger partial charge is 0.454 e. The molecule has 5 rings (SSSR count). The van der Waals surface area contributed by atoms with Crippen molar-refractivity contribution in [2.24, 2.45) is 10.8 Å². The summed E-state index contributed by atoms with van der Waals surface area (Å²) in [6.45, 7) is 7.98. The molecule has 1 aromatic rings. The Kier molecular flexibility index (Phi) is 4.87. The molecule has 4 amide bonds. The highest BCUT2D eigenvalue weighted by atomic mass is 16.7. The quantitative estimate of drug-likeness (QED) is 0.710. The normalized spacial score (nSPS) is 30.1. The summed E-state index contributed by atoms with van der Waals surface area (Å²) >= 11 is 0. The SMILES string of the molecule is CC1(C)C[C@H]2C[C@](C)(CN2C(=O)CC[C@@H]2NC(=O)N(Cc3ccc4c(c3)OCO4)C2=O)C1. The van der Waals surface area contributed by atoms with Crippen molar-refractivity contribution in [1.82, 2.24) is 15.1 Å². The van der Waals surface area contributed by atoms with Crippen molar-refractivity contribution >= 4 is 17.8 Å². The number of carbonyl (C=O) groups is 3. The first kappa shape index (κ1) is 21.1. The van der Waals surface area contributed by atoms with Gasteiger partial charge in [-0.25, -0.2) is 4.79 Å². The van der Waals surface area contributed by atoms with Crippen molar-refractivity contribution in [1.29, 1.82) is 0 Å². The zero-order valence-corrected chi connectivity index (χ0v) is 19.0.